The molecule has 0 radical (unpaired) electrons. The highest BCUT2D eigenvalue weighted by Crippen LogP contribution is 2.30. The predicted octanol–water partition coefficient (Wildman–Crippen LogP) is 5.18. The van der Waals surface area contributed by atoms with E-state index in [2.05, 4.69) is 29.2 Å². The van der Waals surface area contributed by atoms with Gasteiger partial charge in [0, 0.05) is 23.5 Å². The van der Waals surface area contributed by atoms with Crippen molar-refractivity contribution in [2.75, 3.05) is 0 Å². The van der Waals surface area contributed by atoms with Gasteiger partial charge in [-0.2, -0.15) is 0 Å². The second-order valence-electron chi connectivity index (χ2n) is 5.78. The molecular formula is C22H16N2O. The third-order valence-corrected chi connectivity index (χ3v) is 4.07. The van der Waals surface area contributed by atoms with Crippen LogP contribution in [0.25, 0.3) is 33.6 Å². The molecule has 0 saturated heterocycles. The lowest BCUT2D eigenvalue weighted by atomic mass is 10.0. The van der Waals surface area contributed by atoms with Gasteiger partial charge in [0.15, 0.2) is 0 Å². The van der Waals surface area contributed by atoms with E-state index in [0.29, 0.717) is 0 Å². The summed E-state index contributed by atoms with van der Waals surface area (Å²) in [6.45, 7) is 0. The molecule has 4 aromatic rings. The number of aromatic hydroxyl groups is 1. The van der Waals surface area contributed by atoms with Gasteiger partial charge in [-0.25, -0.2) is 4.98 Å². The summed E-state index contributed by atoms with van der Waals surface area (Å²) in [4.78, 5) is 8.93. The smallest absolute Gasteiger partial charge is 0.115 e. The number of hydrogen-bond donors (Lipinski definition) is 1. The van der Waals surface area contributed by atoms with Gasteiger partial charge in [0.05, 0.1) is 11.4 Å². The van der Waals surface area contributed by atoms with E-state index in [1.807, 2.05) is 42.5 Å². The topological polar surface area (TPSA) is 46.0 Å². The molecule has 0 atom stereocenters. The lowest BCUT2D eigenvalue weighted by Crippen LogP contribution is -1.91. The van der Waals surface area contributed by atoms with Crippen LogP contribution in [0.15, 0.2) is 91.3 Å². The maximum absolute atomic E-state index is 9.55. The summed E-state index contributed by atoms with van der Waals surface area (Å²) in [6.07, 6.45) is 3.54. The lowest BCUT2D eigenvalue weighted by molar-refractivity contribution is 0.475. The lowest BCUT2D eigenvalue weighted by Gasteiger charge is -2.10. The van der Waals surface area contributed by atoms with Gasteiger partial charge in [0.1, 0.15) is 5.75 Å². The molecule has 3 heteroatoms. The van der Waals surface area contributed by atoms with Crippen molar-refractivity contribution in [3.05, 3.63) is 91.3 Å². The van der Waals surface area contributed by atoms with Crippen LogP contribution < -0.4 is 0 Å². The minimum absolute atomic E-state index is 0.260. The van der Waals surface area contributed by atoms with Crippen molar-refractivity contribution in [2.24, 2.45) is 0 Å². The van der Waals surface area contributed by atoms with Gasteiger partial charge in [-0.1, -0.05) is 42.5 Å². The average Bonchev–Trinajstić information content (AvgIpc) is 2.69. The SMILES string of the molecule is Oc1ccc(-c2cc(-c3ccccc3)nc(-c3ccncc3)c2)cc1. The van der Waals surface area contributed by atoms with Crippen LogP contribution in [0.3, 0.4) is 0 Å². The van der Waals surface area contributed by atoms with Gasteiger partial charge < -0.3 is 5.11 Å². The van der Waals surface area contributed by atoms with Crippen LogP contribution in [0.5, 0.6) is 5.75 Å². The third kappa shape index (κ3) is 3.26. The van der Waals surface area contributed by atoms with Crippen LogP contribution in [0.4, 0.5) is 0 Å². The fraction of sp³-hybridized carbons (Fsp3) is 0. The van der Waals surface area contributed by atoms with E-state index in [4.69, 9.17) is 4.98 Å². The monoisotopic (exact) mass is 324 g/mol. The van der Waals surface area contributed by atoms with Gasteiger partial charge in [0.25, 0.3) is 0 Å². The zero-order valence-electron chi connectivity index (χ0n) is 13.5. The number of rotatable bonds is 3. The van der Waals surface area contributed by atoms with Gasteiger partial charge in [-0.3, -0.25) is 4.98 Å². The van der Waals surface area contributed by atoms with E-state index >= 15 is 0 Å². The molecule has 0 spiro atoms. The molecule has 0 aliphatic heterocycles. The Kier molecular flexibility index (Phi) is 3.97. The highest BCUT2D eigenvalue weighted by Gasteiger charge is 2.08. The largest absolute Gasteiger partial charge is 0.508 e. The van der Waals surface area contributed by atoms with E-state index in [1.54, 1.807) is 24.5 Å². The highest BCUT2D eigenvalue weighted by molar-refractivity contribution is 5.76. The Morgan fingerprint density at radius 1 is 0.560 bits per heavy atom. The van der Waals surface area contributed by atoms with Gasteiger partial charge in [-0.05, 0) is 47.5 Å². The van der Waals surface area contributed by atoms with Crippen LogP contribution >= 0.6 is 0 Å². The van der Waals surface area contributed by atoms with E-state index in [-0.39, 0.29) is 5.75 Å². The summed E-state index contributed by atoms with van der Waals surface area (Å²) in [6, 6.07) is 25.4. The fourth-order valence-corrected chi connectivity index (χ4v) is 2.78. The zero-order chi connectivity index (χ0) is 17.1. The van der Waals surface area contributed by atoms with Gasteiger partial charge in [0.2, 0.25) is 0 Å². The van der Waals surface area contributed by atoms with Gasteiger partial charge >= 0.3 is 0 Å². The van der Waals surface area contributed by atoms with Crippen molar-refractivity contribution in [3.63, 3.8) is 0 Å². The highest BCUT2D eigenvalue weighted by atomic mass is 16.3. The average molecular weight is 324 g/mol. The van der Waals surface area contributed by atoms with Crippen molar-refractivity contribution >= 4 is 0 Å². The molecule has 4 rings (SSSR count). The summed E-state index contributed by atoms with van der Waals surface area (Å²) in [5.41, 5.74) is 5.99. The predicted molar refractivity (Wildman–Crippen MR) is 100 cm³/mol. The zero-order valence-corrected chi connectivity index (χ0v) is 13.5. The standard InChI is InChI=1S/C22H16N2O/c25-20-8-6-16(7-9-20)19-14-21(17-4-2-1-3-5-17)24-22(15-19)18-10-12-23-13-11-18/h1-15,25H. The number of phenolic OH excluding ortho intramolecular Hbond substituents is 1. The second-order valence-corrected chi connectivity index (χ2v) is 5.78. The summed E-state index contributed by atoms with van der Waals surface area (Å²) in [5, 5.41) is 9.55. The Bertz CT molecular complexity index is 924. The van der Waals surface area contributed by atoms with Crippen LogP contribution in [-0.4, -0.2) is 15.1 Å². The van der Waals surface area contributed by atoms with Crippen molar-refractivity contribution in [1.82, 2.24) is 9.97 Å². The number of hydrogen-bond acceptors (Lipinski definition) is 3. The van der Waals surface area contributed by atoms with Crippen LogP contribution in [0, 0.1) is 0 Å². The number of pyridine rings is 2. The summed E-state index contributed by atoms with van der Waals surface area (Å²) < 4.78 is 0. The van der Waals surface area contributed by atoms with Crippen molar-refractivity contribution in [1.29, 1.82) is 0 Å². The third-order valence-electron chi connectivity index (χ3n) is 4.07. The van der Waals surface area contributed by atoms with E-state index in [1.165, 1.54) is 0 Å². The molecule has 0 bridgehead atoms. The molecule has 2 aromatic carbocycles. The molecule has 0 aliphatic rings. The molecule has 2 heterocycles. The first-order chi connectivity index (χ1) is 12.3. The van der Waals surface area contributed by atoms with Crippen molar-refractivity contribution in [2.45, 2.75) is 0 Å². The first-order valence-corrected chi connectivity index (χ1v) is 8.07. The molecule has 25 heavy (non-hydrogen) atoms. The fourth-order valence-electron chi connectivity index (χ4n) is 2.78. The molecular weight excluding hydrogens is 308 g/mol. The molecule has 3 nitrogen and oxygen atoms in total. The Hall–Kier alpha value is -3.46. The molecule has 0 fully saturated rings. The molecule has 0 amide bonds. The Morgan fingerprint density at radius 3 is 1.80 bits per heavy atom. The maximum atomic E-state index is 9.55. The van der Waals surface area contributed by atoms with Crippen LogP contribution in [0.2, 0.25) is 0 Å². The molecule has 0 saturated carbocycles. The van der Waals surface area contributed by atoms with Crippen LogP contribution in [-0.2, 0) is 0 Å². The van der Waals surface area contributed by atoms with E-state index < -0.39 is 0 Å². The Balaban J connectivity index is 1.90. The first-order valence-electron chi connectivity index (χ1n) is 8.07. The second kappa shape index (κ2) is 6.57. The molecule has 0 aliphatic carbocycles. The van der Waals surface area contributed by atoms with Crippen molar-refractivity contribution < 1.29 is 5.11 Å². The van der Waals surface area contributed by atoms with Gasteiger partial charge in [-0.15, -0.1) is 0 Å². The number of benzene rings is 2. The van der Waals surface area contributed by atoms with E-state index in [0.717, 1.165) is 33.6 Å². The molecule has 1 N–H and O–H groups in total. The minimum atomic E-state index is 0.260. The number of nitrogens with zero attached hydrogens (tertiary/aromatic N) is 2. The van der Waals surface area contributed by atoms with Crippen molar-refractivity contribution in [3.8, 4) is 39.4 Å². The Morgan fingerprint density at radius 2 is 1.16 bits per heavy atom. The maximum Gasteiger partial charge on any atom is 0.115 e. The normalized spacial score (nSPS) is 10.6. The number of aromatic nitrogens is 2. The quantitative estimate of drug-likeness (QED) is 0.564. The Labute approximate surface area is 146 Å². The first kappa shape index (κ1) is 15.1. The van der Waals surface area contributed by atoms with Crippen LogP contribution in [0.1, 0.15) is 0 Å². The molecule has 0 unspecified atom stereocenters. The molecule has 2 aromatic heterocycles. The summed E-state index contributed by atoms with van der Waals surface area (Å²) in [7, 11) is 0. The van der Waals surface area contributed by atoms with E-state index in [9.17, 15) is 5.11 Å². The minimum Gasteiger partial charge on any atom is -0.508 e. The number of phenols is 1. The summed E-state index contributed by atoms with van der Waals surface area (Å²) >= 11 is 0. The summed E-state index contributed by atoms with van der Waals surface area (Å²) in [5.74, 6) is 0.260. The molecule has 120 valence electrons.